The minimum absolute atomic E-state index is 0.0151. The van der Waals surface area contributed by atoms with Crippen LogP contribution in [0, 0.1) is 0 Å². The number of ketones is 2. The Balaban J connectivity index is 1.80. The van der Waals surface area contributed by atoms with Gasteiger partial charge in [0, 0.05) is 22.8 Å². The van der Waals surface area contributed by atoms with Crippen molar-refractivity contribution in [1.29, 1.82) is 0 Å². The molecule has 2 heterocycles. The van der Waals surface area contributed by atoms with Gasteiger partial charge in [-0.05, 0) is 18.6 Å². The van der Waals surface area contributed by atoms with Crippen LogP contribution in [0.15, 0.2) is 18.2 Å². The molecule has 1 saturated heterocycles. The summed E-state index contributed by atoms with van der Waals surface area (Å²) < 4.78 is 11.2. The molecule has 1 fully saturated rings. The van der Waals surface area contributed by atoms with Crippen LogP contribution in [0.4, 0.5) is 0 Å². The summed E-state index contributed by atoms with van der Waals surface area (Å²) in [5, 5.41) is 30.1. The monoisotopic (exact) mass is 340 g/mol. The van der Waals surface area contributed by atoms with Crippen LogP contribution < -0.4 is 4.74 Å². The van der Waals surface area contributed by atoms with E-state index in [4.69, 9.17) is 9.47 Å². The molecule has 2 atom stereocenters. The lowest BCUT2D eigenvalue weighted by atomic mass is 9.80. The minimum Gasteiger partial charge on any atom is -0.508 e. The van der Waals surface area contributed by atoms with Crippen molar-refractivity contribution in [3.63, 3.8) is 0 Å². The summed E-state index contributed by atoms with van der Waals surface area (Å²) in [6.07, 6.45) is 0.0482. The van der Waals surface area contributed by atoms with Crippen molar-refractivity contribution in [3.8, 4) is 23.0 Å². The van der Waals surface area contributed by atoms with Crippen molar-refractivity contribution in [2.24, 2.45) is 0 Å². The van der Waals surface area contributed by atoms with Crippen molar-refractivity contribution in [1.82, 2.24) is 0 Å². The lowest BCUT2D eigenvalue weighted by molar-refractivity contribution is -0.0340. The maximum atomic E-state index is 13.0. The first-order valence-corrected chi connectivity index (χ1v) is 7.81. The Kier molecular flexibility index (Phi) is 2.58. The Morgan fingerprint density at radius 3 is 2.48 bits per heavy atom. The molecular weight excluding hydrogens is 328 g/mol. The maximum absolute atomic E-state index is 13.0. The third-order valence-corrected chi connectivity index (χ3v) is 4.99. The fourth-order valence-corrected chi connectivity index (χ4v) is 3.92. The molecule has 0 radical (unpaired) electrons. The molecule has 25 heavy (non-hydrogen) atoms. The summed E-state index contributed by atoms with van der Waals surface area (Å²) >= 11 is 0. The highest BCUT2D eigenvalue weighted by Gasteiger charge is 2.46. The van der Waals surface area contributed by atoms with Crippen LogP contribution in [0.3, 0.4) is 0 Å². The summed E-state index contributed by atoms with van der Waals surface area (Å²) in [5.74, 6) is -2.14. The molecule has 2 aromatic carbocycles. The number of carbonyl (C=O) groups is 2. The second-order valence-electron chi connectivity index (χ2n) is 6.36. The number of rotatable bonds is 0. The van der Waals surface area contributed by atoms with Gasteiger partial charge in [-0.15, -0.1) is 0 Å². The van der Waals surface area contributed by atoms with Gasteiger partial charge in [0.2, 0.25) is 12.1 Å². The number of phenolic OH excluding ortho intramolecular Hbond substituents is 3. The van der Waals surface area contributed by atoms with Crippen LogP contribution in [0.25, 0.3) is 0 Å². The number of benzene rings is 2. The largest absolute Gasteiger partial charge is 0.508 e. The zero-order chi connectivity index (χ0) is 17.5. The summed E-state index contributed by atoms with van der Waals surface area (Å²) in [6.45, 7) is 0.487. The van der Waals surface area contributed by atoms with E-state index in [0.29, 0.717) is 18.6 Å². The van der Waals surface area contributed by atoms with Gasteiger partial charge in [0.15, 0.2) is 5.78 Å². The highest BCUT2D eigenvalue weighted by molar-refractivity contribution is 6.30. The van der Waals surface area contributed by atoms with E-state index in [-0.39, 0.29) is 45.4 Å². The summed E-state index contributed by atoms with van der Waals surface area (Å²) in [5.41, 5.74) is 0.181. The topological polar surface area (TPSA) is 113 Å². The molecule has 0 spiro atoms. The van der Waals surface area contributed by atoms with Crippen molar-refractivity contribution < 1.29 is 34.4 Å². The van der Waals surface area contributed by atoms with Crippen LogP contribution in [-0.4, -0.2) is 39.8 Å². The van der Waals surface area contributed by atoms with Gasteiger partial charge < -0.3 is 24.8 Å². The molecule has 0 amide bonds. The van der Waals surface area contributed by atoms with Crippen molar-refractivity contribution >= 4 is 11.6 Å². The number of hydrogen-bond acceptors (Lipinski definition) is 7. The van der Waals surface area contributed by atoms with Crippen LogP contribution in [-0.2, 0) is 4.74 Å². The third-order valence-electron chi connectivity index (χ3n) is 4.99. The molecule has 0 saturated carbocycles. The highest BCUT2D eigenvalue weighted by Crippen LogP contribution is 2.53. The van der Waals surface area contributed by atoms with Gasteiger partial charge in [0.05, 0.1) is 23.7 Å². The van der Waals surface area contributed by atoms with Crippen molar-refractivity contribution in [3.05, 3.63) is 46.0 Å². The molecule has 5 rings (SSSR count). The van der Waals surface area contributed by atoms with Gasteiger partial charge >= 0.3 is 0 Å². The van der Waals surface area contributed by atoms with Crippen LogP contribution in [0.5, 0.6) is 23.0 Å². The van der Waals surface area contributed by atoms with Crippen LogP contribution >= 0.6 is 0 Å². The Labute approximate surface area is 141 Å². The Morgan fingerprint density at radius 2 is 1.68 bits per heavy atom. The summed E-state index contributed by atoms with van der Waals surface area (Å²) in [6, 6.07) is 3.39. The van der Waals surface area contributed by atoms with Gasteiger partial charge in [-0.1, -0.05) is 0 Å². The molecule has 7 heteroatoms. The SMILES string of the molecule is O=C1c2cc(O)cc(O)c2C(=O)c2c1cc(O)c1c2O[C@H]2OCC[C@@H]12. The maximum Gasteiger partial charge on any atom is 0.207 e. The van der Waals surface area contributed by atoms with Crippen molar-refractivity contribution in [2.75, 3.05) is 6.61 Å². The number of hydrogen-bond donors (Lipinski definition) is 3. The Morgan fingerprint density at radius 1 is 0.920 bits per heavy atom. The van der Waals surface area contributed by atoms with Crippen LogP contribution in [0.1, 0.15) is 49.7 Å². The van der Waals surface area contributed by atoms with Gasteiger partial charge in [-0.3, -0.25) is 9.59 Å². The number of fused-ring (bicyclic) bond motifs is 6. The second kappa shape index (κ2) is 4.52. The van der Waals surface area contributed by atoms with E-state index in [2.05, 4.69) is 0 Å². The molecule has 0 aromatic heterocycles. The molecule has 0 unspecified atom stereocenters. The van der Waals surface area contributed by atoms with Gasteiger partial charge in [-0.25, -0.2) is 0 Å². The van der Waals surface area contributed by atoms with E-state index in [1.807, 2.05) is 0 Å². The van der Waals surface area contributed by atoms with Gasteiger partial charge in [-0.2, -0.15) is 0 Å². The smallest absolute Gasteiger partial charge is 0.207 e. The number of ether oxygens (including phenoxy) is 2. The molecule has 7 nitrogen and oxygen atoms in total. The highest BCUT2D eigenvalue weighted by atomic mass is 16.7. The minimum atomic E-state index is -0.592. The fraction of sp³-hybridized carbons (Fsp3) is 0.222. The normalized spacial score (nSPS) is 22.9. The zero-order valence-electron chi connectivity index (χ0n) is 12.8. The first-order valence-electron chi connectivity index (χ1n) is 7.81. The van der Waals surface area contributed by atoms with Gasteiger partial charge in [0.1, 0.15) is 23.0 Å². The second-order valence-corrected chi connectivity index (χ2v) is 6.36. The predicted molar refractivity (Wildman–Crippen MR) is 82.5 cm³/mol. The molecule has 1 aliphatic carbocycles. The molecule has 3 aliphatic rings. The number of carbonyl (C=O) groups excluding carboxylic acids is 2. The van der Waals surface area contributed by atoms with Gasteiger partial charge in [0.25, 0.3) is 0 Å². The molecule has 0 bridgehead atoms. The first-order chi connectivity index (χ1) is 12.0. The van der Waals surface area contributed by atoms with Crippen LogP contribution in [0.2, 0.25) is 0 Å². The number of aromatic hydroxyl groups is 3. The quantitative estimate of drug-likeness (QED) is 0.572. The standard InChI is InChI=1S/C18H12O7/c19-6-3-8-12(10(20)4-6)16(23)14-9(15(8)22)5-11(21)13-7-1-2-24-18(7)25-17(13)14/h3-5,7,18-21H,1-2H2/t7-,18+/m0/s1. The Hall–Kier alpha value is -3.06. The zero-order valence-corrected chi connectivity index (χ0v) is 12.8. The lowest BCUT2D eigenvalue weighted by Gasteiger charge is -2.21. The van der Waals surface area contributed by atoms with E-state index < -0.39 is 23.6 Å². The third kappa shape index (κ3) is 1.68. The van der Waals surface area contributed by atoms with E-state index in [1.54, 1.807) is 0 Å². The fourth-order valence-electron chi connectivity index (χ4n) is 3.92. The molecule has 2 aliphatic heterocycles. The first kappa shape index (κ1) is 14.3. The molecule has 126 valence electrons. The summed E-state index contributed by atoms with van der Waals surface area (Å²) in [4.78, 5) is 25.8. The lowest BCUT2D eigenvalue weighted by Crippen LogP contribution is -2.22. The van der Waals surface area contributed by atoms with E-state index in [0.717, 1.165) is 12.1 Å². The van der Waals surface area contributed by atoms with E-state index in [1.165, 1.54) is 6.07 Å². The molecule has 3 N–H and O–H groups in total. The van der Waals surface area contributed by atoms with Crippen molar-refractivity contribution in [2.45, 2.75) is 18.6 Å². The molecular formula is C18H12O7. The average Bonchev–Trinajstić information content (AvgIpc) is 3.12. The van der Waals surface area contributed by atoms with E-state index >= 15 is 0 Å². The predicted octanol–water partition coefficient (Wildman–Crippen LogP) is 1.80. The Bertz CT molecular complexity index is 992. The molecule has 2 aromatic rings. The number of phenols is 3. The van der Waals surface area contributed by atoms with E-state index in [9.17, 15) is 24.9 Å². The summed E-state index contributed by atoms with van der Waals surface area (Å²) in [7, 11) is 0. The average molecular weight is 340 g/mol.